The zero-order chi connectivity index (χ0) is 17.6. The zero-order valence-corrected chi connectivity index (χ0v) is 15.2. The number of para-hydroxylation sites is 2. The van der Waals surface area contributed by atoms with Crippen molar-refractivity contribution in [3.8, 4) is 5.75 Å². The van der Waals surface area contributed by atoms with Gasteiger partial charge in [0.15, 0.2) is 0 Å². The molecule has 0 aromatic heterocycles. The zero-order valence-electron chi connectivity index (χ0n) is 15.2. The van der Waals surface area contributed by atoms with Crippen LogP contribution in [0, 0.1) is 0 Å². The first-order chi connectivity index (χ1) is 12.1. The summed E-state index contributed by atoms with van der Waals surface area (Å²) in [5.74, 6) is 0.911. The molecule has 25 heavy (non-hydrogen) atoms. The number of ether oxygens (including phenoxy) is 2. The van der Waals surface area contributed by atoms with Gasteiger partial charge < -0.3 is 24.6 Å². The molecule has 3 rings (SSSR count). The highest BCUT2D eigenvalue weighted by atomic mass is 16.6. The molecule has 6 heteroatoms. The molecular formula is C19H29N3O3. The van der Waals surface area contributed by atoms with Gasteiger partial charge in [-0.2, -0.15) is 0 Å². The topological polar surface area (TPSA) is 54.0 Å². The van der Waals surface area contributed by atoms with E-state index in [4.69, 9.17) is 9.47 Å². The second-order valence-corrected chi connectivity index (χ2v) is 6.97. The van der Waals surface area contributed by atoms with Gasteiger partial charge in [-0.15, -0.1) is 0 Å². The maximum atomic E-state index is 12.2. The Hall–Kier alpha value is -1.95. The highest BCUT2D eigenvalue weighted by Gasteiger charge is 2.27. The lowest BCUT2D eigenvalue weighted by molar-refractivity contribution is 0.0441. The molecule has 2 saturated heterocycles. The van der Waals surface area contributed by atoms with Gasteiger partial charge in [-0.25, -0.2) is 4.79 Å². The third kappa shape index (κ3) is 4.78. The van der Waals surface area contributed by atoms with E-state index < -0.39 is 0 Å². The Bertz CT molecular complexity index is 573. The molecule has 2 fully saturated rings. The lowest BCUT2D eigenvalue weighted by atomic mass is 10.1. The van der Waals surface area contributed by atoms with Gasteiger partial charge in [0.25, 0.3) is 0 Å². The molecule has 0 aliphatic carbocycles. The molecule has 0 bridgehead atoms. The molecule has 0 spiro atoms. The van der Waals surface area contributed by atoms with Crippen LogP contribution in [0.2, 0.25) is 0 Å². The van der Waals surface area contributed by atoms with E-state index in [2.05, 4.69) is 22.3 Å². The maximum Gasteiger partial charge on any atom is 0.410 e. The molecule has 1 atom stereocenters. The van der Waals surface area contributed by atoms with Crippen molar-refractivity contribution in [2.75, 3.05) is 44.2 Å². The maximum absolute atomic E-state index is 12.2. The number of piperazine rings is 1. The predicted octanol–water partition coefficient (Wildman–Crippen LogP) is 2.48. The Morgan fingerprint density at radius 1 is 1.20 bits per heavy atom. The van der Waals surface area contributed by atoms with Crippen LogP contribution in [0.5, 0.6) is 5.75 Å². The third-order valence-electron chi connectivity index (χ3n) is 4.59. The van der Waals surface area contributed by atoms with Gasteiger partial charge in [-0.05, 0) is 38.8 Å². The number of benzene rings is 1. The summed E-state index contributed by atoms with van der Waals surface area (Å²) in [4.78, 5) is 16.3. The number of likely N-dealkylation sites (tertiary alicyclic amines) is 1. The molecule has 1 aromatic rings. The van der Waals surface area contributed by atoms with Crippen molar-refractivity contribution in [3.63, 3.8) is 0 Å². The normalized spacial score (nSPS) is 21.3. The molecule has 1 N–H and O–H groups in total. The van der Waals surface area contributed by atoms with Crippen LogP contribution in [0.3, 0.4) is 0 Å². The average Bonchev–Trinajstić information content (AvgIpc) is 2.63. The Morgan fingerprint density at radius 2 is 1.96 bits per heavy atom. The van der Waals surface area contributed by atoms with E-state index in [9.17, 15) is 4.79 Å². The van der Waals surface area contributed by atoms with Gasteiger partial charge in [0, 0.05) is 32.7 Å². The lowest BCUT2D eigenvalue weighted by Gasteiger charge is -2.35. The van der Waals surface area contributed by atoms with Crippen LogP contribution in [-0.2, 0) is 4.74 Å². The summed E-state index contributed by atoms with van der Waals surface area (Å²) >= 11 is 0. The van der Waals surface area contributed by atoms with E-state index in [-0.39, 0.29) is 18.3 Å². The molecule has 6 nitrogen and oxygen atoms in total. The Labute approximate surface area is 150 Å². The van der Waals surface area contributed by atoms with Crippen molar-refractivity contribution < 1.29 is 14.3 Å². The fourth-order valence-electron chi connectivity index (χ4n) is 3.38. The lowest BCUT2D eigenvalue weighted by Crippen LogP contribution is -2.46. The molecular weight excluding hydrogens is 318 g/mol. The van der Waals surface area contributed by atoms with Crippen molar-refractivity contribution in [3.05, 3.63) is 24.3 Å². The highest BCUT2D eigenvalue weighted by molar-refractivity contribution is 5.68. The molecule has 2 aliphatic rings. The van der Waals surface area contributed by atoms with Crippen molar-refractivity contribution in [1.82, 2.24) is 10.2 Å². The second kappa shape index (κ2) is 8.43. The Morgan fingerprint density at radius 3 is 2.72 bits per heavy atom. The SMILES string of the molecule is CC(C)OC(=O)N1CCCC(Oc2ccccc2N2CCNCC2)C1. The Balaban J connectivity index is 1.64. The number of piperidine rings is 1. The van der Waals surface area contributed by atoms with Crippen LogP contribution in [0.25, 0.3) is 0 Å². The molecule has 1 unspecified atom stereocenters. The molecule has 1 aromatic carbocycles. The van der Waals surface area contributed by atoms with Crippen LogP contribution in [0.4, 0.5) is 10.5 Å². The number of nitrogens with zero attached hydrogens (tertiary/aromatic N) is 2. The summed E-state index contributed by atoms with van der Waals surface area (Å²) < 4.78 is 11.6. The number of carbonyl (C=O) groups is 1. The van der Waals surface area contributed by atoms with E-state index in [0.717, 1.165) is 57.0 Å². The number of carbonyl (C=O) groups excluding carboxylic acids is 1. The summed E-state index contributed by atoms with van der Waals surface area (Å²) in [6.45, 7) is 9.03. The van der Waals surface area contributed by atoms with Gasteiger partial charge in [0.1, 0.15) is 11.9 Å². The van der Waals surface area contributed by atoms with E-state index in [1.807, 2.05) is 26.0 Å². The number of hydrogen-bond acceptors (Lipinski definition) is 5. The van der Waals surface area contributed by atoms with Gasteiger partial charge >= 0.3 is 6.09 Å². The van der Waals surface area contributed by atoms with Crippen LogP contribution < -0.4 is 15.0 Å². The van der Waals surface area contributed by atoms with E-state index in [0.29, 0.717) is 6.54 Å². The third-order valence-corrected chi connectivity index (χ3v) is 4.59. The summed E-state index contributed by atoms with van der Waals surface area (Å²) in [6, 6.07) is 8.21. The first-order valence-corrected chi connectivity index (χ1v) is 9.30. The van der Waals surface area contributed by atoms with Crippen molar-refractivity contribution in [1.29, 1.82) is 0 Å². The molecule has 0 saturated carbocycles. The summed E-state index contributed by atoms with van der Waals surface area (Å²) in [6.07, 6.45) is 1.58. The second-order valence-electron chi connectivity index (χ2n) is 6.97. The van der Waals surface area contributed by atoms with Crippen molar-refractivity contribution in [2.24, 2.45) is 0 Å². The van der Waals surface area contributed by atoms with Crippen LogP contribution >= 0.6 is 0 Å². The number of anilines is 1. The quantitative estimate of drug-likeness (QED) is 0.907. The standard InChI is InChI=1S/C19H29N3O3/c1-15(2)24-19(23)22-11-5-6-16(14-22)25-18-8-4-3-7-17(18)21-12-9-20-10-13-21/h3-4,7-8,15-16,20H,5-6,9-14H2,1-2H3. The highest BCUT2D eigenvalue weighted by Crippen LogP contribution is 2.30. The fraction of sp³-hybridized carbons (Fsp3) is 0.632. The fourth-order valence-corrected chi connectivity index (χ4v) is 3.38. The minimum absolute atomic E-state index is 0.0116. The minimum atomic E-state index is -0.237. The Kier molecular flexibility index (Phi) is 6.02. The average molecular weight is 347 g/mol. The molecule has 138 valence electrons. The van der Waals surface area contributed by atoms with Crippen LogP contribution in [0.1, 0.15) is 26.7 Å². The largest absolute Gasteiger partial charge is 0.486 e. The number of hydrogen-bond donors (Lipinski definition) is 1. The summed E-state index contributed by atoms with van der Waals surface area (Å²) in [5, 5.41) is 3.38. The first-order valence-electron chi connectivity index (χ1n) is 9.30. The number of nitrogens with one attached hydrogen (secondary N) is 1. The number of rotatable bonds is 4. The van der Waals surface area contributed by atoms with Crippen molar-refractivity contribution in [2.45, 2.75) is 38.9 Å². The first kappa shape index (κ1) is 17.9. The van der Waals surface area contributed by atoms with E-state index >= 15 is 0 Å². The smallest absolute Gasteiger partial charge is 0.410 e. The monoisotopic (exact) mass is 347 g/mol. The van der Waals surface area contributed by atoms with Gasteiger partial charge in [-0.3, -0.25) is 0 Å². The van der Waals surface area contributed by atoms with E-state index in [1.165, 1.54) is 0 Å². The predicted molar refractivity (Wildman–Crippen MR) is 98.4 cm³/mol. The molecule has 0 radical (unpaired) electrons. The van der Waals surface area contributed by atoms with Gasteiger partial charge in [0.05, 0.1) is 18.3 Å². The molecule has 2 aliphatic heterocycles. The van der Waals surface area contributed by atoms with Crippen LogP contribution in [-0.4, -0.2) is 62.5 Å². The summed E-state index contributed by atoms with van der Waals surface area (Å²) in [5.41, 5.74) is 1.14. The molecule has 2 heterocycles. The summed E-state index contributed by atoms with van der Waals surface area (Å²) in [7, 11) is 0. The number of amides is 1. The van der Waals surface area contributed by atoms with E-state index in [1.54, 1.807) is 4.90 Å². The molecule has 1 amide bonds. The van der Waals surface area contributed by atoms with Gasteiger partial charge in [-0.1, -0.05) is 12.1 Å². The van der Waals surface area contributed by atoms with Gasteiger partial charge in [0.2, 0.25) is 0 Å². The van der Waals surface area contributed by atoms with Crippen molar-refractivity contribution >= 4 is 11.8 Å². The minimum Gasteiger partial charge on any atom is -0.486 e. The van der Waals surface area contributed by atoms with Crippen LogP contribution in [0.15, 0.2) is 24.3 Å².